The normalized spacial score (nSPS) is 10.7. The Morgan fingerprint density at radius 2 is 2.00 bits per heavy atom. The third-order valence-electron chi connectivity index (χ3n) is 4.14. The van der Waals surface area contributed by atoms with Crippen molar-refractivity contribution in [2.75, 3.05) is 20.3 Å². The Hall–Kier alpha value is -2.34. The highest BCUT2D eigenvalue weighted by Crippen LogP contribution is 2.14. The number of rotatable bonds is 11. The van der Waals surface area contributed by atoms with Crippen LogP contribution in [0.1, 0.15) is 47.9 Å². The zero-order valence-corrected chi connectivity index (χ0v) is 16.0. The van der Waals surface area contributed by atoms with E-state index in [1.807, 2.05) is 37.3 Å². The number of hydrogen-bond acceptors (Lipinski definition) is 4. The number of carbonyl (C=O) groups is 1. The number of aryl methyl sites for hydroxylation is 2. The van der Waals surface area contributed by atoms with E-state index in [4.69, 9.17) is 9.47 Å². The highest BCUT2D eigenvalue weighted by molar-refractivity contribution is 5.92. The van der Waals surface area contributed by atoms with Crippen LogP contribution in [-0.2, 0) is 24.8 Å². The van der Waals surface area contributed by atoms with Crippen LogP contribution in [-0.4, -0.2) is 36.0 Å². The van der Waals surface area contributed by atoms with Gasteiger partial charge in [-0.1, -0.05) is 19.1 Å². The van der Waals surface area contributed by atoms with Gasteiger partial charge >= 0.3 is 0 Å². The lowest BCUT2D eigenvalue weighted by Gasteiger charge is -2.09. The maximum atomic E-state index is 12.3. The maximum Gasteiger partial charge on any atom is 0.269 e. The lowest BCUT2D eigenvalue weighted by molar-refractivity contribution is 0.0941. The molecule has 0 radical (unpaired) electrons. The molecule has 1 amide bonds. The summed E-state index contributed by atoms with van der Waals surface area (Å²) < 4.78 is 12.4. The molecule has 0 aliphatic rings. The largest absolute Gasteiger partial charge is 0.494 e. The van der Waals surface area contributed by atoms with Gasteiger partial charge in [-0.2, -0.15) is 5.10 Å². The highest BCUT2D eigenvalue weighted by atomic mass is 16.5. The Bertz CT molecular complexity index is 697. The first-order valence-electron chi connectivity index (χ1n) is 9.15. The standard InChI is InChI=1S/C20H29N3O3/c1-4-17-14-19(23(2)22-17)20(24)21-15-16-9-8-10-18(13-16)26-12-7-5-6-11-25-3/h8-10,13-14H,4-7,11-12,15H2,1-3H3,(H,21,24). The summed E-state index contributed by atoms with van der Waals surface area (Å²) >= 11 is 0. The monoisotopic (exact) mass is 359 g/mol. The minimum atomic E-state index is -0.121. The van der Waals surface area contributed by atoms with Gasteiger partial charge in [-0.05, 0) is 49.4 Å². The van der Waals surface area contributed by atoms with Crippen molar-refractivity contribution < 1.29 is 14.3 Å². The molecule has 2 rings (SSSR count). The molecule has 2 aromatic rings. The summed E-state index contributed by atoms with van der Waals surface area (Å²) in [4.78, 5) is 12.3. The first kappa shape index (κ1) is 20.0. The third kappa shape index (κ3) is 6.19. The van der Waals surface area contributed by atoms with Gasteiger partial charge < -0.3 is 14.8 Å². The van der Waals surface area contributed by atoms with E-state index in [1.165, 1.54) is 0 Å². The van der Waals surface area contributed by atoms with E-state index in [2.05, 4.69) is 10.4 Å². The molecule has 26 heavy (non-hydrogen) atoms. The second kappa shape index (κ2) is 10.6. The van der Waals surface area contributed by atoms with E-state index in [-0.39, 0.29) is 5.91 Å². The van der Waals surface area contributed by atoms with Crippen molar-refractivity contribution >= 4 is 5.91 Å². The maximum absolute atomic E-state index is 12.3. The van der Waals surface area contributed by atoms with Crippen LogP contribution in [0, 0.1) is 0 Å². The minimum absolute atomic E-state index is 0.121. The van der Waals surface area contributed by atoms with Gasteiger partial charge in [0.1, 0.15) is 11.4 Å². The Balaban J connectivity index is 1.80. The van der Waals surface area contributed by atoms with Gasteiger partial charge in [-0.3, -0.25) is 9.48 Å². The molecule has 0 fully saturated rings. The Kier molecular flexibility index (Phi) is 8.15. The molecule has 0 bridgehead atoms. The second-order valence-corrected chi connectivity index (χ2v) is 6.23. The molecule has 0 saturated carbocycles. The molecule has 1 aromatic carbocycles. The molecular weight excluding hydrogens is 330 g/mol. The van der Waals surface area contributed by atoms with Gasteiger partial charge in [-0.25, -0.2) is 0 Å². The van der Waals surface area contributed by atoms with E-state index >= 15 is 0 Å². The number of unbranched alkanes of at least 4 members (excludes halogenated alkanes) is 2. The minimum Gasteiger partial charge on any atom is -0.494 e. The zero-order chi connectivity index (χ0) is 18.8. The molecule has 0 aliphatic carbocycles. The number of carbonyl (C=O) groups excluding carboxylic acids is 1. The zero-order valence-electron chi connectivity index (χ0n) is 16.0. The number of nitrogens with zero attached hydrogens (tertiary/aromatic N) is 2. The van der Waals surface area contributed by atoms with Crippen LogP contribution >= 0.6 is 0 Å². The van der Waals surface area contributed by atoms with Crippen LogP contribution in [0.3, 0.4) is 0 Å². The summed E-state index contributed by atoms with van der Waals surface area (Å²) in [7, 11) is 3.51. The molecule has 1 N–H and O–H groups in total. The number of hydrogen-bond donors (Lipinski definition) is 1. The SMILES string of the molecule is CCc1cc(C(=O)NCc2cccc(OCCCCCOC)c2)n(C)n1. The third-order valence-corrected chi connectivity index (χ3v) is 4.14. The van der Waals surface area contributed by atoms with Crippen LogP contribution in [0.2, 0.25) is 0 Å². The molecule has 6 heteroatoms. The molecule has 142 valence electrons. The number of nitrogens with one attached hydrogen (secondary N) is 1. The first-order valence-corrected chi connectivity index (χ1v) is 9.15. The molecule has 1 heterocycles. The predicted molar refractivity (Wildman–Crippen MR) is 101 cm³/mol. The lowest BCUT2D eigenvalue weighted by atomic mass is 10.2. The van der Waals surface area contributed by atoms with Gasteiger partial charge in [-0.15, -0.1) is 0 Å². The first-order chi connectivity index (χ1) is 12.6. The fraction of sp³-hybridized carbons (Fsp3) is 0.500. The van der Waals surface area contributed by atoms with Crippen molar-refractivity contribution in [3.63, 3.8) is 0 Å². The second-order valence-electron chi connectivity index (χ2n) is 6.23. The summed E-state index contributed by atoms with van der Waals surface area (Å²) in [5.41, 5.74) is 2.50. The highest BCUT2D eigenvalue weighted by Gasteiger charge is 2.12. The molecule has 0 atom stereocenters. The average Bonchev–Trinajstić information content (AvgIpc) is 3.04. The topological polar surface area (TPSA) is 65.4 Å². The van der Waals surface area contributed by atoms with Crippen molar-refractivity contribution in [2.45, 2.75) is 39.2 Å². The van der Waals surface area contributed by atoms with Gasteiger partial charge in [0.15, 0.2) is 0 Å². The predicted octanol–water partition coefficient (Wildman–Crippen LogP) is 3.11. The van der Waals surface area contributed by atoms with Crippen molar-refractivity contribution in [2.24, 2.45) is 7.05 Å². The van der Waals surface area contributed by atoms with Crippen LogP contribution in [0.15, 0.2) is 30.3 Å². The number of aromatic nitrogens is 2. The van der Waals surface area contributed by atoms with Crippen LogP contribution < -0.4 is 10.1 Å². The fourth-order valence-electron chi connectivity index (χ4n) is 2.65. The lowest BCUT2D eigenvalue weighted by Crippen LogP contribution is -2.25. The molecule has 0 saturated heterocycles. The molecule has 0 aliphatic heterocycles. The van der Waals surface area contributed by atoms with Gasteiger partial charge in [0.25, 0.3) is 5.91 Å². The van der Waals surface area contributed by atoms with Crippen LogP contribution in [0.5, 0.6) is 5.75 Å². The van der Waals surface area contributed by atoms with Crippen molar-refractivity contribution in [3.8, 4) is 5.75 Å². The molecule has 0 unspecified atom stereocenters. The number of amides is 1. The van der Waals surface area contributed by atoms with Crippen molar-refractivity contribution in [1.29, 1.82) is 0 Å². The van der Waals surface area contributed by atoms with E-state index in [9.17, 15) is 4.79 Å². The van der Waals surface area contributed by atoms with Crippen LogP contribution in [0.25, 0.3) is 0 Å². The van der Waals surface area contributed by atoms with E-state index in [0.29, 0.717) is 18.8 Å². The van der Waals surface area contributed by atoms with Gasteiger partial charge in [0.05, 0.1) is 12.3 Å². The average molecular weight is 359 g/mol. The van der Waals surface area contributed by atoms with E-state index in [1.54, 1.807) is 18.8 Å². The number of ether oxygens (including phenoxy) is 2. The summed E-state index contributed by atoms with van der Waals surface area (Å²) in [6.07, 6.45) is 3.96. The fourth-order valence-corrected chi connectivity index (χ4v) is 2.65. The number of methoxy groups -OCH3 is 1. The Morgan fingerprint density at radius 1 is 1.19 bits per heavy atom. The summed E-state index contributed by atoms with van der Waals surface area (Å²) in [6.45, 7) is 3.96. The summed E-state index contributed by atoms with van der Waals surface area (Å²) in [5, 5.41) is 7.25. The van der Waals surface area contributed by atoms with E-state index < -0.39 is 0 Å². The molecule has 0 spiro atoms. The Morgan fingerprint density at radius 3 is 2.73 bits per heavy atom. The molecule has 6 nitrogen and oxygen atoms in total. The van der Waals surface area contributed by atoms with Crippen molar-refractivity contribution in [3.05, 3.63) is 47.3 Å². The smallest absolute Gasteiger partial charge is 0.269 e. The summed E-state index contributed by atoms with van der Waals surface area (Å²) in [5.74, 6) is 0.710. The summed E-state index contributed by atoms with van der Waals surface area (Å²) in [6, 6.07) is 9.66. The van der Waals surface area contributed by atoms with Gasteiger partial charge in [0.2, 0.25) is 0 Å². The quantitative estimate of drug-likeness (QED) is 0.626. The number of benzene rings is 1. The van der Waals surface area contributed by atoms with E-state index in [0.717, 1.165) is 49.3 Å². The molecule has 1 aromatic heterocycles. The molecular formula is C20H29N3O3. The Labute approximate surface area is 155 Å². The van der Waals surface area contributed by atoms with Crippen molar-refractivity contribution in [1.82, 2.24) is 15.1 Å². The van der Waals surface area contributed by atoms with Crippen LogP contribution in [0.4, 0.5) is 0 Å². The van der Waals surface area contributed by atoms with Gasteiger partial charge in [0, 0.05) is 27.3 Å².